The number of hydrogen-bond acceptors (Lipinski definition) is 5. The third kappa shape index (κ3) is 3.91. The number of esters is 1. The Morgan fingerprint density at radius 1 is 1.53 bits per heavy atom. The summed E-state index contributed by atoms with van der Waals surface area (Å²) in [5.74, 6) is 0.564. The number of halogens is 1. The van der Waals surface area contributed by atoms with Gasteiger partial charge in [-0.1, -0.05) is 5.16 Å². The van der Waals surface area contributed by atoms with E-state index in [0.29, 0.717) is 19.4 Å². The molecule has 2 heterocycles. The average Bonchev–Trinajstić information content (AvgIpc) is 2.92. The van der Waals surface area contributed by atoms with E-state index in [-0.39, 0.29) is 5.97 Å². The maximum atomic E-state index is 11.7. The maximum Gasteiger partial charge on any atom is 0.306 e. The van der Waals surface area contributed by atoms with Crippen molar-refractivity contribution in [1.29, 1.82) is 0 Å². The fourth-order valence-corrected chi connectivity index (χ4v) is 2.94. The van der Waals surface area contributed by atoms with E-state index in [4.69, 9.17) is 9.26 Å². The molecule has 0 N–H and O–H groups in total. The number of carbonyl (C=O) groups excluding carboxylic acids is 1. The molecule has 2 aromatic rings. The summed E-state index contributed by atoms with van der Waals surface area (Å²) in [6.07, 6.45) is 0.946. The molecule has 19 heavy (non-hydrogen) atoms. The second kappa shape index (κ2) is 6.34. The molecule has 0 saturated carbocycles. The molecule has 0 aliphatic heterocycles. The molecule has 0 radical (unpaired) electrons. The Hall–Kier alpha value is -1.14. The number of aryl methyl sites for hydroxylation is 2. The topological polar surface area (TPSA) is 52.3 Å². The number of nitrogens with zero attached hydrogens (tertiary/aromatic N) is 1. The first-order chi connectivity index (χ1) is 9.06. The molecule has 0 amide bonds. The van der Waals surface area contributed by atoms with Crippen LogP contribution in [0.25, 0.3) is 0 Å². The van der Waals surface area contributed by atoms with Gasteiger partial charge in [-0.3, -0.25) is 4.79 Å². The Balaban J connectivity index is 1.79. The van der Waals surface area contributed by atoms with Crippen molar-refractivity contribution >= 4 is 33.2 Å². The van der Waals surface area contributed by atoms with Crippen molar-refractivity contribution in [2.45, 2.75) is 33.3 Å². The second-order valence-corrected chi connectivity index (χ2v) is 6.51. The van der Waals surface area contributed by atoms with Gasteiger partial charge in [-0.05, 0) is 47.6 Å². The van der Waals surface area contributed by atoms with Crippen LogP contribution in [0.5, 0.6) is 0 Å². The summed E-state index contributed by atoms with van der Waals surface area (Å²) in [5.41, 5.74) is 2.84. The highest BCUT2D eigenvalue weighted by Gasteiger charge is 2.12. The summed E-state index contributed by atoms with van der Waals surface area (Å²) in [6.45, 7) is 4.05. The molecule has 0 bridgehead atoms. The molecule has 2 rings (SSSR count). The van der Waals surface area contributed by atoms with E-state index in [1.807, 2.05) is 25.3 Å². The van der Waals surface area contributed by atoms with Crippen LogP contribution in [0.15, 0.2) is 19.8 Å². The number of aromatic nitrogens is 1. The summed E-state index contributed by atoms with van der Waals surface area (Å²) in [7, 11) is 0. The largest absolute Gasteiger partial charge is 0.461 e. The van der Waals surface area contributed by atoms with Crippen molar-refractivity contribution in [3.63, 3.8) is 0 Å². The minimum absolute atomic E-state index is 0.206. The monoisotopic (exact) mass is 343 g/mol. The van der Waals surface area contributed by atoms with Crippen LogP contribution >= 0.6 is 27.3 Å². The van der Waals surface area contributed by atoms with E-state index in [9.17, 15) is 4.79 Å². The predicted octanol–water partition coefficient (Wildman–Crippen LogP) is 3.79. The van der Waals surface area contributed by atoms with Gasteiger partial charge < -0.3 is 9.26 Å². The molecule has 0 atom stereocenters. The fraction of sp³-hybridized carbons (Fsp3) is 0.385. The molecule has 0 aromatic carbocycles. The van der Waals surface area contributed by atoms with Crippen molar-refractivity contribution in [1.82, 2.24) is 5.16 Å². The van der Waals surface area contributed by atoms with Crippen LogP contribution in [0.2, 0.25) is 0 Å². The quantitative estimate of drug-likeness (QED) is 0.775. The van der Waals surface area contributed by atoms with Crippen molar-refractivity contribution in [2.24, 2.45) is 0 Å². The average molecular weight is 344 g/mol. The van der Waals surface area contributed by atoms with Gasteiger partial charge >= 0.3 is 5.97 Å². The SMILES string of the molecule is Cc1noc(C)c1CCC(=O)OCc1csc(Br)c1. The lowest BCUT2D eigenvalue weighted by atomic mass is 10.1. The second-order valence-electron chi connectivity index (χ2n) is 4.22. The van der Waals surface area contributed by atoms with Crippen LogP contribution < -0.4 is 0 Å². The van der Waals surface area contributed by atoms with Gasteiger partial charge in [-0.15, -0.1) is 11.3 Å². The highest BCUT2D eigenvalue weighted by Crippen LogP contribution is 2.21. The number of rotatable bonds is 5. The Morgan fingerprint density at radius 3 is 2.89 bits per heavy atom. The smallest absolute Gasteiger partial charge is 0.306 e. The van der Waals surface area contributed by atoms with Gasteiger partial charge in [0.2, 0.25) is 0 Å². The van der Waals surface area contributed by atoms with E-state index < -0.39 is 0 Å². The zero-order chi connectivity index (χ0) is 13.8. The van der Waals surface area contributed by atoms with Gasteiger partial charge in [0, 0.05) is 17.5 Å². The van der Waals surface area contributed by atoms with Crippen LogP contribution in [0.3, 0.4) is 0 Å². The van der Waals surface area contributed by atoms with Gasteiger partial charge in [-0.25, -0.2) is 0 Å². The van der Waals surface area contributed by atoms with Gasteiger partial charge in [0.15, 0.2) is 0 Å². The van der Waals surface area contributed by atoms with E-state index in [2.05, 4.69) is 21.1 Å². The fourth-order valence-electron chi connectivity index (χ4n) is 1.74. The minimum Gasteiger partial charge on any atom is -0.461 e. The van der Waals surface area contributed by atoms with Crippen molar-refractivity contribution < 1.29 is 14.1 Å². The summed E-state index contributed by atoms with van der Waals surface area (Å²) in [5, 5.41) is 5.82. The Kier molecular flexibility index (Phi) is 4.76. The van der Waals surface area contributed by atoms with Crippen LogP contribution in [-0.4, -0.2) is 11.1 Å². The molecule has 0 fully saturated rings. The number of carbonyl (C=O) groups is 1. The number of thiophene rings is 1. The lowest BCUT2D eigenvalue weighted by molar-refractivity contribution is -0.144. The van der Waals surface area contributed by atoms with Crippen LogP contribution in [0, 0.1) is 13.8 Å². The van der Waals surface area contributed by atoms with Gasteiger partial charge in [0.25, 0.3) is 0 Å². The highest BCUT2D eigenvalue weighted by atomic mass is 79.9. The molecular formula is C13H14BrNO3S. The van der Waals surface area contributed by atoms with E-state index in [1.54, 1.807) is 11.3 Å². The molecule has 6 heteroatoms. The number of hydrogen-bond donors (Lipinski definition) is 0. The molecule has 102 valence electrons. The maximum absolute atomic E-state index is 11.7. The highest BCUT2D eigenvalue weighted by molar-refractivity contribution is 9.11. The molecule has 4 nitrogen and oxygen atoms in total. The number of ether oxygens (including phenoxy) is 1. The van der Waals surface area contributed by atoms with Crippen LogP contribution in [0.1, 0.15) is 29.0 Å². The summed E-state index contributed by atoms with van der Waals surface area (Å²) in [6, 6.07) is 1.95. The van der Waals surface area contributed by atoms with Gasteiger partial charge in [-0.2, -0.15) is 0 Å². The Bertz CT molecular complexity index is 557. The molecule has 0 aliphatic rings. The molecule has 0 spiro atoms. The molecule has 2 aromatic heterocycles. The third-order valence-electron chi connectivity index (χ3n) is 2.78. The van der Waals surface area contributed by atoms with Crippen LogP contribution in [-0.2, 0) is 22.6 Å². The molecule has 0 aliphatic carbocycles. The van der Waals surface area contributed by atoms with Crippen molar-refractivity contribution in [3.05, 3.63) is 37.8 Å². The van der Waals surface area contributed by atoms with Crippen molar-refractivity contribution in [3.8, 4) is 0 Å². The molecular weight excluding hydrogens is 330 g/mol. The standard InChI is InChI=1S/C13H14BrNO3S/c1-8-11(9(2)18-15-8)3-4-13(16)17-6-10-5-12(14)19-7-10/h5,7H,3-4,6H2,1-2H3. The lowest BCUT2D eigenvalue weighted by Gasteiger charge is -2.03. The zero-order valence-corrected chi connectivity index (χ0v) is 13.1. The molecule has 0 unspecified atom stereocenters. The third-order valence-corrected chi connectivity index (χ3v) is 4.34. The summed E-state index contributed by atoms with van der Waals surface area (Å²) >= 11 is 4.95. The minimum atomic E-state index is -0.206. The van der Waals surface area contributed by atoms with Crippen LogP contribution in [0.4, 0.5) is 0 Å². The normalized spacial score (nSPS) is 10.7. The van der Waals surface area contributed by atoms with E-state index in [1.165, 1.54) is 0 Å². The first kappa shape index (κ1) is 14.3. The summed E-state index contributed by atoms with van der Waals surface area (Å²) < 4.78 is 11.3. The first-order valence-corrected chi connectivity index (χ1v) is 7.54. The Labute approximate surface area is 123 Å². The van der Waals surface area contributed by atoms with E-state index >= 15 is 0 Å². The van der Waals surface area contributed by atoms with Crippen molar-refractivity contribution in [2.75, 3.05) is 0 Å². The lowest BCUT2D eigenvalue weighted by Crippen LogP contribution is -2.06. The van der Waals surface area contributed by atoms with E-state index in [0.717, 1.165) is 26.4 Å². The van der Waals surface area contributed by atoms with Gasteiger partial charge in [0.05, 0.1) is 9.48 Å². The Morgan fingerprint density at radius 2 is 2.32 bits per heavy atom. The first-order valence-electron chi connectivity index (χ1n) is 5.86. The predicted molar refractivity (Wildman–Crippen MR) is 76.1 cm³/mol. The molecule has 0 saturated heterocycles. The zero-order valence-electron chi connectivity index (χ0n) is 10.7. The summed E-state index contributed by atoms with van der Waals surface area (Å²) in [4.78, 5) is 11.7. The van der Waals surface area contributed by atoms with Gasteiger partial charge in [0.1, 0.15) is 12.4 Å².